The number of carboxylic acid groups (broad SMARTS) is 2. The van der Waals surface area contributed by atoms with Crippen LogP contribution in [-0.4, -0.2) is 89.1 Å². The molecule has 0 bridgehead atoms. The molecule has 3 aromatic rings. The average Bonchev–Trinajstić information content (AvgIpc) is 3.63. The van der Waals surface area contributed by atoms with Gasteiger partial charge in [0.05, 0.1) is 25.1 Å². The van der Waals surface area contributed by atoms with Gasteiger partial charge in [-0.1, -0.05) is 12.1 Å². The summed E-state index contributed by atoms with van der Waals surface area (Å²) >= 11 is 0. The highest BCUT2D eigenvalue weighted by Crippen LogP contribution is 2.12. The standard InChI is InChI=1S/C25H30N8O8/c26-17(6-14-9-27-11-29-14)22(37)31-18(5-13-1-3-16(34)4-2-13)23(38)32-19(7-15-10-28-12-30-15)24(39)33-20(25(40)41)8-21(35)36/h1-4,9-12,17-20,34H,5-8,26H2,(H,27,29)(H,28,30)(H,31,37)(H,32,38)(H,33,39)(H,35,36)(H,40,41). The van der Waals surface area contributed by atoms with E-state index >= 15 is 0 Å². The highest BCUT2D eigenvalue weighted by atomic mass is 16.4. The van der Waals surface area contributed by atoms with E-state index in [1.807, 2.05) is 0 Å². The second-order valence-corrected chi connectivity index (χ2v) is 9.16. The van der Waals surface area contributed by atoms with Gasteiger partial charge >= 0.3 is 11.9 Å². The molecule has 0 aliphatic rings. The first-order valence-electron chi connectivity index (χ1n) is 12.4. The topological polar surface area (TPSA) is 266 Å². The molecular weight excluding hydrogens is 540 g/mol. The SMILES string of the molecule is NC(Cc1cnc[nH]1)C(=O)NC(Cc1ccc(O)cc1)C(=O)NC(Cc1cnc[nH]1)C(=O)NC(CC(=O)O)C(=O)O. The Morgan fingerprint density at radius 3 is 1.78 bits per heavy atom. The van der Waals surface area contributed by atoms with Crippen LogP contribution >= 0.6 is 0 Å². The predicted molar refractivity (Wildman–Crippen MR) is 140 cm³/mol. The van der Waals surface area contributed by atoms with Crippen LogP contribution in [-0.2, 0) is 43.2 Å². The summed E-state index contributed by atoms with van der Waals surface area (Å²) in [4.78, 5) is 75.4. The van der Waals surface area contributed by atoms with E-state index < -0.39 is 60.2 Å². The molecule has 0 saturated heterocycles. The number of phenols is 1. The highest BCUT2D eigenvalue weighted by molar-refractivity contribution is 5.95. The van der Waals surface area contributed by atoms with E-state index in [0.29, 0.717) is 17.0 Å². The quantitative estimate of drug-likeness (QED) is 0.0984. The van der Waals surface area contributed by atoms with Gasteiger partial charge in [0.1, 0.15) is 23.9 Å². The Morgan fingerprint density at radius 1 is 0.756 bits per heavy atom. The van der Waals surface area contributed by atoms with Crippen molar-refractivity contribution in [2.45, 2.75) is 49.9 Å². The molecule has 4 atom stereocenters. The number of carbonyl (C=O) groups is 5. The zero-order valence-electron chi connectivity index (χ0n) is 21.6. The van der Waals surface area contributed by atoms with Gasteiger partial charge in [-0.2, -0.15) is 0 Å². The second-order valence-electron chi connectivity index (χ2n) is 9.16. The van der Waals surface area contributed by atoms with Crippen LogP contribution in [0.15, 0.2) is 49.3 Å². The normalized spacial score (nSPS) is 13.8. The summed E-state index contributed by atoms with van der Waals surface area (Å²) in [6.07, 6.45) is 4.66. The lowest BCUT2D eigenvalue weighted by Gasteiger charge is -2.25. The van der Waals surface area contributed by atoms with Crippen molar-refractivity contribution in [3.8, 4) is 5.75 Å². The van der Waals surface area contributed by atoms with Crippen molar-refractivity contribution < 1.29 is 39.3 Å². The first-order chi connectivity index (χ1) is 19.5. The predicted octanol–water partition coefficient (Wildman–Crippen LogP) is -1.79. The summed E-state index contributed by atoms with van der Waals surface area (Å²) < 4.78 is 0. The van der Waals surface area contributed by atoms with Gasteiger partial charge in [0, 0.05) is 43.0 Å². The van der Waals surface area contributed by atoms with Crippen LogP contribution in [0.1, 0.15) is 23.4 Å². The minimum atomic E-state index is -1.76. The maximum Gasteiger partial charge on any atom is 0.326 e. The lowest BCUT2D eigenvalue weighted by molar-refractivity contribution is -0.147. The molecule has 41 heavy (non-hydrogen) atoms. The number of aromatic nitrogens is 4. The lowest BCUT2D eigenvalue weighted by atomic mass is 10.0. The number of hydrogen-bond donors (Lipinski definition) is 9. The molecule has 1 aromatic carbocycles. The zero-order valence-corrected chi connectivity index (χ0v) is 21.6. The van der Waals surface area contributed by atoms with Gasteiger partial charge in [0.2, 0.25) is 17.7 Å². The molecule has 0 radical (unpaired) electrons. The van der Waals surface area contributed by atoms with Gasteiger partial charge < -0.3 is 47.0 Å². The van der Waals surface area contributed by atoms with E-state index in [9.17, 15) is 34.2 Å². The molecule has 0 saturated carbocycles. The Balaban J connectivity index is 1.81. The maximum atomic E-state index is 13.5. The van der Waals surface area contributed by atoms with Crippen LogP contribution in [0.2, 0.25) is 0 Å². The number of H-pyrrole nitrogens is 2. The molecule has 0 aliphatic heterocycles. The smallest absolute Gasteiger partial charge is 0.326 e. The van der Waals surface area contributed by atoms with Crippen LogP contribution in [0.5, 0.6) is 5.75 Å². The molecule has 3 amide bonds. The van der Waals surface area contributed by atoms with Crippen LogP contribution in [0, 0.1) is 0 Å². The van der Waals surface area contributed by atoms with E-state index in [1.54, 1.807) is 12.1 Å². The number of benzene rings is 1. The molecule has 2 aromatic heterocycles. The summed E-state index contributed by atoms with van der Waals surface area (Å²) in [6, 6.07) is 0.464. The Morgan fingerprint density at radius 2 is 1.27 bits per heavy atom. The van der Waals surface area contributed by atoms with Gasteiger partial charge in [-0.25, -0.2) is 14.8 Å². The first-order valence-corrected chi connectivity index (χ1v) is 12.4. The molecule has 16 heteroatoms. The Hall–Kier alpha value is -5.25. The van der Waals surface area contributed by atoms with Crippen molar-refractivity contribution in [3.05, 3.63) is 66.3 Å². The van der Waals surface area contributed by atoms with Gasteiger partial charge in [-0.15, -0.1) is 0 Å². The fraction of sp³-hybridized carbons (Fsp3) is 0.320. The third kappa shape index (κ3) is 9.47. The molecule has 16 nitrogen and oxygen atoms in total. The number of carbonyl (C=O) groups excluding carboxylic acids is 3. The molecule has 0 spiro atoms. The van der Waals surface area contributed by atoms with Gasteiger partial charge in [-0.05, 0) is 17.7 Å². The van der Waals surface area contributed by atoms with Crippen molar-refractivity contribution >= 4 is 29.7 Å². The van der Waals surface area contributed by atoms with Crippen molar-refractivity contribution in [1.29, 1.82) is 0 Å². The largest absolute Gasteiger partial charge is 0.508 e. The molecule has 10 N–H and O–H groups in total. The van der Waals surface area contributed by atoms with Gasteiger partial charge in [-0.3, -0.25) is 19.2 Å². The highest BCUT2D eigenvalue weighted by Gasteiger charge is 2.32. The van der Waals surface area contributed by atoms with Crippen molar-refractivity contribution in [2.75, 3.05) is 0 Å². The number of amides is 3. The first kappa shape index (κ1) is 30.3. The Bertz CT molecular complexity index is 1330. The summed E-state index contributed by atoms with van der Waals surface area (Å²) in [5.41, 5.74) is 7.60. The zero-order chi connectivity index (χ0) is 29.9. The van der Waals surface area contributed by atoms with E-state index in [1.165, 1.54) is 37.2 Å². The maximum absolute atomic E-state index is 13.5. The molecular formula is C25H30N8O8. The average molecular weight is 571 g/mol. The fourth-order valence-corrected chi connectivity index (χ4v) is 3.83. The number of nitrogens with zero attached hydrogens (tertiary/aromatic N) is 2. The number of imidazole rings is 2. The lowest BCUT2D eigenvalue weighted by Crippen LogP contribution is -2.58. The summed E-state index contributed by atoms with van der Waals surface area (Å²) in [7, 11) is 0. The number of nitrogens with two attached hydrogens (primary N) is 1. The van der Waals surface area contributed by atoms with E-state index in [4.69, 9.17) is 10.8 Å². The Kier molecular flexibility index (Phi) is 10.5. The van der Waals surface area contributed by atoms with Gasteiger partial charge in [0.15, 0.2) is 0 Å². The minimum Gasteiger partial charge on any atom is -0.508 e. The summed E-state index contributed by atoms with van der Waals surface area (Å²) in [5.74, 6) is -5.46. The number of hydrogen-bond acceptors (Lipinski definition) is 9. The summed E-state index contributed by atoms with van der Waals surface area (Å²) in [6.45, 7) is 0. The van der Waals surface area contributed by atoms with Crippen LogP contribution in [0.25, 0.3) is 0 Å². The van der Waals surface area contributed by atoms with Crippen molar-refractivity contribution in [1.82, 2.24) is 35.9 Å². The molecule has 2 heterocycles. The molecule has 3 rings (SSSR count). The number of rotatable bonds is 15. The Labute approximate surface area is 232 Å². The number of phenolic OH excluding ortho intramolecular Hbond substituents is 1. The number of nitrogens with one attached hydrogen (secondary N) is 5. The minimum absolute atomic E-state index is 0.00833. The third-order valence-corrected chi connectivity index (χ3v) is 5.95. The van der Waals surface area contributed by atoms with Crippen LogP contribution in [0.3, 0.4) is 0 Å². The van der Waals surface area contributed by atoms with Gasteiger partial charge in [0.25, 0.3) is 0 Å². The molecule has 0 aliphatic carbocycles. The second kappa shape index (κ2) is 14.2. The molecule has 218 valence electrons. The monoisotopic (exact) mass is 570 g/mol. The van der Waals surface area contributed by atoms with E-state index in [2.05, 4.69) is 35.9 Å². The van der Waals surface area contributed by atoms with Crippen LogP contribution < -0.4 is 21.7 Å². The van der Waals surface area contributed by atoms with Crippen LogP contribution in [0.4, 0.5) is 0 Å². The third-order valence-electron chi connectivity index (χ3n) is 5.95. The molecule has 0 fully saturated rings. The fourth-order valence-electron chi connectivity index (χ4n) is 3.83. The van der Waals surface area contributed by atoms with Crippen molar-refractivity contribution in [2.24, 2.45) is 5.73 Å². The van der Waals surface area contributed by atoms with E-state index in [0.717, 1.165) is 0 Å². The number of carboxylic acids is 2. The molecule has 4 unspecified atom stereocenters. The number of aromatic hydroxyl groups is 1. The summed E-state index contributed by atoms with van der Waals surface area (Å²) in [5, 5.41) is 35.2. The van der Waals surface area contributed by atoms with E-state index in [-0.39, 0.29) is 25.0 Å². The number of aromatic amines is 2. The number of aliphatic carboxylic acids is 2. The van der Waals surface area contributed by atoms with Crippen molar-refractivity contribution in [3.63, 3.8) is 0 Å².